The van der Waals surface area contributed by atoms with Gasteiger partial charge in [0.15, 0.2) is 5.69 Å². The number of H-pyrrole nitrogens is 1. The number of aryl methyl sites for hydroxylation is 1. The summed E-state index contributed by atoms with van der Waals surface area (Å²) in [6.07, 6.45) is 7.13. The smallest absolute Gasteiger partial charge is 0.355 e. The van der Waals surface area contributed by atoms with Crippen LogP contribution in [0.15, 0.2) is 6.20 Å². The topological polar surface area (TPSA) is 58.0 Å². The number of hydrogen-bond donors (Lipinski definition) is 2. The molecule has 0 unspecified atom stereocenters. The summed E-state index contributed by atoms with van der Waals surface area (Å²) in [7, 11) is 0. The normalized spacial score (nSPS) is 9.36. The average molecular weight is 152 g/mol. The molecule has 0 bridgehead atoms. The molecule has 0 saturated heterocycles. The minimum atomic E-state index is -0.943. The van der Waals surface area contributed by atoms with Gasteiger partial charge in [-0.05, 0) is 0 Å². The standard InChI is InChI=1S/C7H8N2O2/c1-2-3-4-9-5-6(8-9)7(10)11/h1,5,8H,3-4H2,(H,10,11). The molecule has 0 aliphatic heterocycles. The van der Waals surface area contributed by atoms with Crippen molar-refractivity contribution in [2.75, 3.05) is 0 Å². The summed E-state index contributed by atoms with van der Waals surface area (Å²) in [5, 5.41) is 11.0. The molecule has 0 fully saturated rings. The molecule has 11 heavy (non-hydrogen) atoms. The molecule has 0 spiro atoms. The Morgan fingerprint density at radius 1 is 1.91 bits per heavy atom. The minimum Gasteiger partial charge on any atom is -0.476 e. The van der Waals surface area contributed by atoms with Gasteiger partial charge in [-0.1, -0.05) is 0 Å². The van der Waals surface area contributed by atoms with E-state index < -0.39 is 5.97 Å². The van der Waals surface area contributed by atoms with Gasteiger partial charge in [-0.15, -0.1) is 12.3 Å². The van der Waals surface area contributed by atoms with E-state index in [2.05, 4.69) is 11.0 Å². The Labute approximate surface area is 63.8 Å². The van der Waals surface area contributed by atoms with Gasteiger partial charge in [0, 0.05) is 13.0 Å². The molecular formula is C7H8N2O2. The van der Waals surface area contributed by atoms with Crippen molar-refractivity contribution in [1.29, 1.82) is 0 Å². The van der Waals surface area contributed by atoms with Crippen LogP contribution in [-0.2, 0) is 6.54 Å². The Balaban J connectivity index is 2.42. The van der Waals surface area contributed by atoms with Gasteiger partial charge in [0.05, 0.1) is 6.20 Å². The first-order chi connectivity index (χ1) is 5.24. The lowest BCUT2D eigenvalue weighted by Gasteiger charge is -2.10. The molecule has 58 valence electrons. The Bertz CT molecular complexity index is 278. The summed E-state index contributed by atoms with van der Waals surface area (Å²) < 4.78 is 1.64. The molecule has 1 heterocycles. The molecular weight excluding hydrogens is 144 g/mol. The third-order valence-corrected chi connectivity index (χ3v) is 1.28. The van der Waals surface area contributed by atoms with E-state index in [-0.39, 0.29) is 5.69 Å². The molecule has 4 heteroatoms. The van der Waals surface area contributed by atoms with E-state index >= 15 is 0 Å². The van der Waals surface area contributed by atoms with Gasteiger partial charge in [0.2, 0.25) is 0 Å². The number of terminal acetylenes is 1. The highest BCUT2D eigenvalue weighted by Crippen LogP contribution is 1.98. The molecule has 0 aromatic carbocycles. The second kappa shape index (κ2) is 2.97. The summed E-state index contributed by atoms with van der Waals surface area (Å²) in [6.45, 7) is 0.646. The van der Waals surface area contributed by atoms with Gasteiger partial charge >= 0.3 is 5.97 Å². The molecule has 0 saturated carbocycles. The minimum absolute atomic E-state index is 0.210. The maximum atomic E-state index is 10.2. The van der Waals surface area contributed by atoms with E-state index in [0.29, 0.717) is 13.0 Å². The van der Waals surface area contributed by atoms with Gasteiger partial charge in [0.25, 0.3) is 0 Å². The zero-order chi connectivity index (χ0) is 8.27. The summed E-state index contributed by atoms with van der Waals surface area (Å²) in [4.78, 5) is 10.2. The van der Waals surface area contributed by atoms with Crippen LogP contribution in [0.25, 0.3) is 0 Å². The quantitative estimate of drug-likeness (QED) is 0.621. The van der Waals surface area contributed by atoms with Crippen molar-refractivity contribution < 1.29 is 9.90 Å². The summed E-state index contributed by atoms with van der Waals surface area (Å²) in [5.41, 5.74) is 0.210. The van der Waals surface area contributed by atoms with E-state index in [4.69, 9.17) is 11.5 Å². The molecule has 0 aliphatic carbocycles. The lowest BCUT2D eigenvalue weighted by molar-refractivity contribution is 0.0680. The summed E-state index contributed by atoms with van der Waals surface area (Å²) in [5.74, 6) is 1.51. The lowest BCUT2D eigenvalue weighted by Crippen LogP contribution is -2.16. The molecule has 2 N–H and O–H groups in total. The van der Waals surface area contributed by atoms with Crippen molar-refractivity contribution in [1.82, 2.24) is 9.78 Å². The van der Waals surface area contributed by atoms with Crippen LogP contribution in [0.3, 0.4) is 0 Å². The monoisotopic (exact) mass is 152 g/mol. The molecule has 0 amide bonds. The average Bonchev–Trinajstić information content (AvgIpc) is 1.84. The molecule has 1 rings (SSSR count). The van der Waals surface area contributed by atoms with Crippen LogP contribution in [-0.4, -0.2) is 20.9 Å². The van der Waals surface area contributed by atoms with Crippen LogP contribution in [0.5, 0.6) is 0 Å². The van der Waals surface area contributed by atoms with E-state index in [9.17, 15) is 4.79 Å². The van der Waals surface area contributed by atoms with Gasteiger partial charge in [0.1, 0.15) is 0 Å². The van der Waals surface area contributed by atoms with E-state index in [0.717, 1.165) is 0 Å². The molecule has 0 radical (unpaired) electrons. The van der Waals surface area contributed by atoms with Crippen molar-refractivity contribution >= 4 is 5.97 Å². The van der Waals surface area contributed by atoms with E-state index in [1.54, 1.807) is 4.68 Å². The number of carboxylic acids is 1. The van der Waals surface area contributed by atoms with Crippen LogP contribution in [0.4, 0.5) is 0 Å². The number of aromatic amines is 1. The molecule has 1 aromatic heterocycles. The first-order valence-electron chi connectivity index (χ1n) is 3.16. The van der Waals surface area contributed by atoms with Gasteiger partial charge in [-0.25, -0.2) is 4.79 Å². The summed E-state index contributed by atoms with van der Waals surface area (Å²) in [6, 6.07) is 0. The second-order valence-corrected chi connectivity index (χ2v) is 2.11. The van der Waals surface area contributed by atoms with Crippen molar-refractivity contribution in [3.05, 3.63) is 11.9 Å². The van der Waals surface area contributed by atoms with Crippen LogP contribution >= 0.6 is 0 Å². The van der Waals surface area contributed by atoms with E-state index in [1.807, 2.05) is 0 Å². The zero-order valence-corrected chi connectivity index (χ0v) is 5.87. The Morgan fingerprint density at radius 3 is 3.00 bits per heavy atom. The fourth-order valence-corrected chi connectivity index (χ4v) is 0.714. The Morgan fingerprint density at radius 2 is 2.55 bits per heavy atom. The second-order valence-electron chi connectivity index (χ2n) is 2.11. The van der Waals surface area contributed by atoms with Crippen LogP contribution < -0.4 is 0 Å². The fourth-order valence-electron chi connectivity index (χ4n) is 0.714. The number of aromatic nitrogens is 2. The van der Waals surface area contributed by atoms with Crippen molar-refractivity contribution in [3.8, 4) is 12.3 Å². The van der Waals surface area contributed by atoms with Gasteiger partial charge < -0.3 is 5.11 Å². The SMILES string of the molecule is C#CCCn1cc(C(=O)O)[nH]1. The number of aromatic carboxylic acids is 1. The van der Waals surface area contributed by atoms with Crippen LogP contribution in [0.1, 0.15) is 16.9 Å². The third kappa shape index (κ3) is 1.64. The first kappa shape index (κ1) is 7.48. The molecule has 1 aromatic rings. The number of carboxylic acid groups (broad SMARTS) is 1. The highest BCUT2D eigenvalue weighted by atomic mass is 16.4. The van der Waals surface area contributed by atoms with Crippen molar-refractivity contribution in [2.45, 2.75) is 13.0 Å². The molecule has 4 nitrogen and oxygen atoms in total. The van der Waals surface area contributed by atoms with E-state index in [1.165, 1.54) is 6.20 Å². The zero-order valence-electron chi connectivity index (χ0n) is 5.87. The lowest BCUT2D eigenvalue weighted by atomic mass is 10.4. The maximum absolute atomic E-state index is 10.2. The van der Waals surface area contributed by atoms with Gasteiger partial charge in [-0.2, -0.15) is 0 Å². The van der Waals surface area contributed by atoms with Gasteiger partial charge in [-0.3, -0.25) is 9.78 Å². The Hall–Kier alpha value is -1.63. The van der Waals surface area contributed by atoms with Crippen LogP contribution in [0, 0.1) is 12.3 Å². The highest BCUT2D eigenvalue weighted by Gasteiger charge is 2.07. The Kier molecular flexibility index (Phi) is 2.02. The first-order valence-corrected chi connectivity index (χ1v) is 3.16. The van der Waals surface area contributed by atoms with Crippen LogP contribution in [0.2, 0.25) is 0 Å². The molecule has 0 atom stereocenters. The number of nitrogens with zero attached hydrogens (tertiary/aromatic N) is 1. The van der Waals surface area contributed by atoms with Crippen molar-refractivity contribution in [3.63, 3.8) is 0 Å². The molecule has 0 aliphatic rings. The van der Waals surface area contributed by atoms with Crippen molar-refractivity contribution in [2.24, 2.45) is 0 Å². The predicted octanol–water partition coefficient (Wildman–Crippen LogP) is 0.538. The number of rotatable bonds is 3. The predicted molar refractivity (Wildman–Crippen MR) is 39.2 cm³/mol. The number of nitrogens with one attached hydrogen (secondary N) is 1. The third-order valence-electron chi connectivity index (χ3n) is 1.28. The fraction of sp³-hybridized carbons (Fsp3) is 0.286. The summed E-state index contributed by atoms with van der Waals surface area (Å²) >= 11 is 0. The number of carbonyl (C=O) groups is 1. The highest BCUT2D eigenvalue weighted by molar-refractivity contribution is 5.85. The number of hydrogen-bond acceptors (Lipinski definition) is 1. The maximum Gasteiger partial charge on any atom is 0.355 e. The largest absolute Gasteiger partial charge is 0.476 e.